The lowest BCUT2D eigenvalue weighted by atomic mass is 10.1. The molecular formula is C19H13N5O6. The Balaban J connectivity index is 1.57. The third kappa shape index (κ3) is 3.46. The molecule has 1 aromatic carbocycles. The number of aryl methyl sites for hydroxylation is 1. The van der Waals surface area contributed by atoms with Crippen molar-refractivity contribution in [1.82, 2.24) is 21.0 Å². The van der Waals surface area contributed by atoms with E-state index in [0.717, 1.165) is 0 Å². The van der Waals surface area contributed by atoms with Crippen molar-refractivity contribution in [1.29, 1.82) is 0 Å². The Morgan fingerprint density at radius 1 is 1.10 bits per heavy atom. The standard InChI is InChI=1S/C19H13N5O6/c1-10-16-13(9-14(15-3-2-8-29-15)20-19(16)30-23-10)18(26)22-21-17(25)11-4-6-12(7-5-11)24(27)28/h2-9H,1H3,(H,21,25)(H,22,26). The average molecular weight is 407 g/mol. The molecule has 0 aliphatic carbocycles. The predicted octanol–water partition coefficient (Wildman–Crippen LogP) is 2.77. The van der Waals surface area contributed by atoms with Crippen molar-refractivity contribution < 1.29 is 23.5 Å². The minimum absolute atomic E-state index is 0.137. The van der Waals surface area contributed by atoms with Crippen molar-refractivity contribution in [3.63, 3.8) is 0 Å². The number of nitrogens with one attached hydrogen (secondary N) is 2. The van der Waals surface area contributed by atoms with Crippen LogP contribution in [0.3, 0.4) is 0 Å². The number of nitro benzene ring substituents is 1. The van der Waals surface area contributed by atoms with Gasteiger partial charge in [0.2, 0.25) is 0 Å². The number of hydrogen-bond donors (Lipinski definition) is 2. The highest BCUT2D eigenvalue weighted by molar-refractivity contribution is 6.07. The summed E-state index contributed by atoms with van der Waals surface area (Å²) in [5, 5.41) is 14.9. The summed E-state index contributed by atoms with van der Waals surface area (Å²) in [7, 11) is 0. The maximum atomic E-state index is 12.8. The fourth-order valence-electron chi connectivity index (χ4n) is 2.81. The highest BCUT2D eigenvalue weighted by atomic mass is 16.6. The largest absolute Gasteiger partial charge is 0.463 e. The number of rotatable bonds is 4. The highest BCUT2D eigenvalue weighted by Crippen LogP contribution is 2.27. The van der Waals surface area contributed by atoms with Crippen LogP contribution >= 0.6 is 0 Å². The molecule has 4 rings (SSSR count). The number of hydrazine groups is 1. The number of hydrogen-bond acceptors (Lipinski definition) is 8. The monoisotopic (exact) mass is 407 g/mol. The molecule has 0 aliphatic heterocycles. The summed E-state index contributed by atoms with van der Waals surface area (Å²) >= 11 is 0. The van der Waals surface area contributed by atoms with Gasteiger partial charge in [-0.25, -0.2) is 4.98 Å². The Morgan fingerprint density at radius 2 is 1.83 bits per heavy atom. The van der Waals surface area contributed by atoms with Crippen LogP contribution in [0.15, 0.2) is 57.7 Å². The fourth-order valence-corrected chi connectivity index (χ4v) is 2.81. The second-order valence-corrected chi connectivity index (χ2v) is 6.19. The quantitative estimate of drug-likeness (QED) is 0.387. The summed E-state index contributed by atoms with van der Waals surface area (Å²) in [6.07, 6.45) is 1.47. The average Bonchev–Trinajstić information content (AvgIpc) is 3.41. The number of carbonyl (C=O) groups excluding carboxylic acids is 2. The van der Waals surface area contributed by atoms with E-state index in [4.69, 9.17) is 8.94 Å². The fraction of sp³-hybridized carbons (Fsp3) is 0.0526. The van der Waals surface area contributed by atoms with E-state index in [2.05, 4.69) is 21.0 Å². The Morgan fingerprint density at radius 3 is 2.50 bits per heavy atom. The van der Waals surface area contributed by atoms with Gasteiger partial charge in [0.15, 0.2) is 5.76 Å². The van der Waals surface area contributed by atoms with Crippen molar-refractivity contribution >= 4 is 28.6 Å². The van der Waals surface area contributed by atoms with Gasteiger partial charge in [-0.3, -0.25) is 30.6 Å². The van der Waals surface area contributed by atoms with E-state index in [1.165, 1.54) is 36.6 Å². The second-order valence-electron chi connectivity index (χ2n) is 6.19. The number of pyridine rings is 1. The number of fused-ring (bicyclic) bond motifs is 1. The van der Waals surface area contributed by atoms with Crippen LogP contribution in [0, 0.1) is 17.0 Å². The smallest absolute Gasteiger partial charge is 0.270 e. The number of nitrogens with zero attached hydrogens (tertiary/aromatic N) is 3. The van der Waals surface area contributed by atoms with E-state index in [0.29, 0.717) is 22.5 Å². The maximum Gasteiger partial charge on any atom is 0.270 e. The van der Waals surface area contributed by atoms with E-state index in [9.17, 15) is 19.7 Å². The Kier molecular flexibility index (Phi) is 4.68. The van der Waals surface area contributed by atoms with E-state index >= 15 is 0 Å². The molecule has 30 heavy (non-hydrogen) atoms. The van der Waals surface area contributed by atoms with Crippen LogP contribution in [0.5, 0.6) is 0 Å². The van der Waals surface area contributed by atoms with E-state index in [-0.39, 0.29) is 22.5 Å². The van der Waals surface area contributed by atoms with Gasteiger partial charge >= 0.3 is 0 Å². The van der Waals surface area contributed by atoms with Crippen molar-refractivity contribution in [3.8, 4) is 11.5 Å². The van der Waals surface area contributed by atoms with Crippen LogP contribution < -0.4 is 10.9 Å². The summed E-state index contributed by atoms with van der Waals surface area (Å²) in [4.78, 5) is 39.4. The normalized spacial score (nSPS) is 10.7. The molecule has 0 aliphatic rings. The Hall–Kier alpha value is -4.54. The summed E-state index contributed by atoms with van der Waals surface area (Å²) < 4.78 is 10.5. The molecule has 0 spiro atoms. The first-order valence-electron chi connectivity index (χ1n) is 8.60. The molecule has 11 heteroatoms. The first kappa shape index (κ1) is 18.8. The van der Waals surface area contributed by atoms with Crippen LogP contribution in [-0.4, -0.2) is 26.9 Å². The van der Waals surface area contributed by atoms with E-state index < -0.39 is 16.7 Å². The van der Waals surface area contributed by atoms with Gasteiger partial charge in [0, 0.05) is 17.7 Å². The van der Waals surface area contributed by atoms with Gasteiger partial charge in [-0.1, -0.05) is 5.16 Å². The molecule has 0 fully saturated rings. The van der Waals surface area contributed by atoms with Gasteiger partial charge in [-0.15, -0.1) is 0 Å². The van der Waals surface area contributed by atoms with Crippen LogP contribution in [0.2, 0.25) is 0 Å². The molecule has 0 unspecified atom stereocenters. The summed E-state index contributed by atoms with van der Waals surface area (Å²) in [5.74, 6) is -0.844. The summed E-state index contributed by atoms with van der Waals surface area (Å²) in [6, 6.07) is 9.80. The zero-order valence-electron chi connectivity index (χ0n) is 15.4. The third-order valence-electron chi connectivity index (χ3n) is 4.27. The molecule has 4 aromatic rings. The molecule has 11 nitrogen and oxygen atoms in total. The van der Waals surface area contributed by atoms with Crippen LogP contribution in [0.4, 0.5) is 5.69 Å². The molecule has 0 atom stereocenters. The molecule has 0 saturated carbocycles. The van der Waals surface area contributed by atoms with Crippen molar-refractivity contribution in [3.05, 3.63) is 75.7 Å². The van der Waals surface area contributed by atoms with Gasteiger partial charge in [0.1, 0.15) is 5.69 Å². The first-order valence-corrected chi connectivity index (χ1v) is 8.60. The SMILES string of the molecule is Cc1noc2nc(-c3ccco3)cc(C(=O)NNC(=O)c3ccc([N+](=O)[O-])cc3)c12. The number of carbonyl (C=O) groups is 2. The molecule has 150 valence electrons. The van der Waals surface area contributed by atoms with Crippen LogP contribution in [-0.2, 0) is 0 Å². The first-order chi connectivity index (χ1) is 14.4. The van der Waals surface area contributed by atoms with Crippen LogP contribution in [0.1, 0.15) is 26.4 Å². The van der Waals surface area contributed by atoms with Gasteiger partial charge in [-0.05, 0) is 37.3 Å². The van der Waals surface area contributed by atoms with Gasteiger partial charge in [0.25, 0.3) is 23.2 Å². The summed E-state index contributed by atoms with van der Waals surface area (Å²) in [5.41, 5.74) is 5.71. The van der Waals surface area contributed by atoms with Gasteiger partial charge in [0.05, 0.1) is 27.8 Å². The molecule has 0 bridgehead atoms. The molecule has 0 radical (unpaired) electrons. The topological polar surface area (TPSA) is 153 Å². The minimum Gasteiger partial charge on any atom is -0.463 e. The molecule has 3 aromatic heterocycles. The van der Waals surface area contributed by atoms with Gasteiger partial charge < -0.3 is 8.94 Å². The lowest BCUT2D eigenvalue weighted by Crippen LogP contribution is -2.41. The van der Waals surface area contributed by atoms with Crippen molar-refractivity contribution in [2.75, 3.05) is 0 Å². The zero-order chi connectivity index (χ0) is 21.3. The number of amides is 2. The molecule has 2 N–H and O–H groups in total. The zero-order valence-corrected chi connectivity index (χ0v) is 15.4. The van der Waals surface area contributed by atoms with Gasteiger partial charge in [-0.2, -0.15) is 0 Å². The van der Waals surface area contributed by atoms with Crippen molar-refractivity contribution in [2.45, 2.75) is 6.92 Å². The van der Waals surface area contributed by atoms with E-state index in [1.54, 1.807) is 19.1 Å². The Labute approximate surface area is 167 Å². The number of furan rings is 1. The highest BCUT2D eigenvalue weighted by Gasteiger charge is 2.21. The minimum atomic E-state index is -0.642. The predicted molar refractivity (Wildman–Crippen MR) is 102 cm³/mol. The van der Waals surface area contributed by atoms with Crippen molar-refractivity contribution in [2.24, 2.45) is 0 Å². The molecule has 0 saturated heterocycles. The Bertz CT molecular complexity index is 1260. The number of non-ortho nitro benzene ring substituents is 1. The third-order valence-corrected chi connectivity index (χ3v) is 4.27. The van der Waals surface area contributed by atoms with Crippen LogP contribution in [0.25, 0.3) is 22.6 Å². The van der Waals surface area contributed by atoms with E-state index in [1.807, 2.05) is 0 Å². The lowest BCUT2D eigenvalue weighted by molar-refractivity contribution is -0.384. The second kappa shape index (κ2) is 7.47. The number of aromatic nitrogens is 2. The molecule has 2 amide bonds. The number of benzene rings is 1. The number of nitro groups is 1. The summed E-state index contributed by atoms with van der Waals surface area (Å²) in [6.45, 7) is 1.66. The maximum absolute atomic E-state index is 12.8. The molecule has 3 heterocycles. The molecular weight excluding hydrogens is 394 g/mol. The lowest BCUT2D eigenvalue weighted by Gasteiger charge is -2.09.